The Labute approximate surface area is 143 Å². The monoisotopic (exact) mass is 336 g/mol. The van der Waals surface area contributed by atoms with Gasteiger partial charge in [-0.25, -0.2) is 9.97 Å². The second-order valence-corrected chi connectivity index (χ2v) is 5.73. The van der Waals surface area contributed by atoms with Crippen molar-refractivity contribution < 1.29 is 8.94 Å². The molecule has 0 radical (unpaired) electrons. The van der Waals surface area contributed by atoms with Crippen LogP contribution >= 0.6 is 0 Å². The largest absolute Gasteiger partial charge is 0.422 e. The molecule has 0 aromatic carbocycles. The summed E-state index contributed by atoms with van der Waals surface area (Å²) in [5, 5.41) is 4.09. The lowest BCUT2D eigenvalue weighted by Gasteiger charge is -2.16. The minimum absolute atomic E-state index is 0.483. The van der Waals surface area contributed by atoms with E-state index < -0.39 is 0 Å². The topological polar surface area (TPSA) is 94.0 Å². The average Bonchev–Trinajstić information content (AvgIpc) is 3.20. The van der Waals surface area contributed by atoms with Crippen molar-refractivity contribution in [2.75, 3.05) is 11.9 Å². The van der Waals surface area contributed by atoms with Gasteiger partial charge in [0.25, 0.3) is 5.71 Å². The minimum atomic E-state index is 0.483. The van der Waals surface area contributed by atoms with Crippen molar-refractivity contribution in [3.05, 3.63) is 47.9 Å². The molecule has 0 N–H and O–H groups in total. The van der Waals surface area contributed by atoms with E-state index in [1.54, 1.807) is 13.1 Å². The predicted molar refractivity (Wildman–Crippen MR) is 90.9 cm³/mol. The van der Waals surface area contributed by atoms with Gasteiger partial charge in [0.1, 0.15) is 11.5 Å². The van der Waals surface area contributed by atoms with E-state index in [0.717, 1.165) is 5.69 Å². The fourth-order valence-corrected chi connectivity index (χ4v) is 2.61. The van der Waals surface area contributed by atoms with Crippen LogP contribution in [0.15, 0.2) is 39.4 Å². The molecule has 0 unspecified atom stereocenters. The van der Waals surface area contributed by atoms with E-state index >= 15 is 0 Å². The molecular weight excluding hydrogens is 320 g/mol. The highest BCUT2D eigenvalue weighted by Crippen LogP contribution is 2.25. The van der Waals surface area contributed by atoms with Crippen molar-refractivity contribution in [3.8, 4) is 11.4 Å². The van der Waals surface area contributed by atoms with E-state index in [4.69, 9.17) is 8.94 Å². The number of aromatic nitrogens is 5. The first kappa shape index (κ1) is 15.3. The van der Waals surface area contributed by atoms with E-state index in [-0.39, 0.29) is 0 Å². The molecule has 8 nitrogen and oxygen atoms in total. The molecule has 0 aliphatic carbocycles. The summed E-state index contributed by atoms with van der Waals surface area (Å²) >= 11 is 0. The molecule has 4 aromatic heterocycles. The van der Waals surface area contributed by atoms with Gasteiger partial charge in [0, 0.05) is 26.2 Å². The fraction of sp³-hybridized carbons (Fsp3) is 0.235. The zero-order valence-corrected chi connectivity index (χ0v) is 14.1. The maximum atomic E-state index is 5.52. The summed E-state index contributed by atoms with van der Waals surface area (Å²) in [5.41, 5.74) is 2.59. The van der Waals surface area contributed by atoms with E-state index in [0.29, 0.717) is 46.8 Å². The Kier molecular flexibility index (Phi) is 3.64. The van der Waals surface area contributed by atoms with Crippen molar-refractivity contribution in [2.45, 2.75) is 20.4 Å². The van der Waals surface area contributed by atoms with E-state index in [9.17, 15) is 0 Å². The van der Waals surface area contributed by atoms with Crippen LogP contribution in [0, 0.1) is 13.8 Å². The zero-order chi connectivity index (χ0) is 17.4. The summed E-state index contributed by atoms with van der Waals surface area (Å²) in [6.45, 7) is 4.09. The molecule has 4 rings (SSSR count). The van der Waals surface area contributed by atoms with Crippen LogP contribution in [-0.2, 0) is 6.54 Å². The van der Waals surface area contributed by atoms with E-state index in [1.165, 1.54) is 0 Å². The fourth-order valence-electron chi connectivity index (χ4n) is 2.61. The Balaban J connectivity index is 1.63. The second-order valence-electron chi connectivity index (χ2n) is 5.73. The van der Waals surface area contributed by atoms with Gasteiger partial charge in [0.05, 0.1) is 12.2 Å². The molecule has 126 valence electrons. The average molecular weight is 336 g/mol. The van der Waals surface area contributed by atoms with Gasteiger partial charge in [-0.1, -0.05) is 11.2 Å². The van der Waals surface area contributed by atoms with Crippen LogP contribution in [0.4, 0.5) is 5.82 Å². The number of pyridine rings is 1. The molecule has 0 aliphatic rings. The Hall–Kier alpha value is -3.29. The number of anilines is 1. The van der Waals surface area contributed by atoms with Crippen LogP contribution in [0.25, 0.3) is 22.6 Å². The van der Waals surface area contributed by atoms with Gasteiger partial charge in [-0.15, -0.1) is 0 Å². The van der Waals surface area contributed by atoms with Gasteiger partial charge < -0.3 is 13.8 Å². The number of hydrogen-bond acceptors (Lipinski definition) is 8. The lowest BCUT2D eigenvalue weighted by molar-refractivity contribution is 0.384. The molecule has 0 amide bonds. The number of rotatable bonds is 4. The highest BCUT2D eigenvalue weighted by molar-refractivity contribution is 5.81. The summed E-state index contributed by atoms with van der Waals surface area (Å²) in [4.78, 5) is 19.4. The zero-order valence-electron chi connectivity index (χ0n) is 14.1. The molecule has 0 spiro atoms. The van der Waals surface area contributed by atoms with Gasteiger partial charge in [-0.2, -0.15) is 4.98 Å². The van der Waals surface area contributed by atoms with Gasteiger partial charge in [0.15, 0.2) is 23.0 Å². The molecule has 8 heteroatoms. The standard InChI is InChI=1S/C17H16N6O2/c1-10-19-16(15-17(20-10)24-11(2)21-15)23(3)9-12-8-14(22-25-12)13-6-4-5-7-18-13/h4-8H,9H2,1-3H3. The molecule has 0 saturated heterocycles. The Morgan fingerprint density at radius 2 is 1.96 bits per heavy atom. The van der Waals surface area contributed by atoms with Crippen molar-refractivity contribution in [1.82, 2.24) is 25.1 Å². The van der Waals surface area contributed by atoms with Crippen LogP contribution in [0.5, 0.6) is 0 Å². The normalized spacial score (nSPS) is 11.2. The lowest BCUT2D eigenvalue weighted by atomic mass is 10.2. The Morgan fingerprint density at radius 3 is 2.76 bits per heavy atom. The van der Waals surface area contributed by atoms with Gasteiger partial charge >= 0.3 is 0 Å². The van der Waals surface area contributed by atoms with E-state index in [2.05, 4.69) is 25.1 Å². The molecule has 0 aliphatic heterocycles. The maximum Gasteiger partial charge on any atom is 0.252 e. The first-order chi connectivity index (χ1) is 12.1. The maximum absolute atomic E-state index is 5.52. The molecular formula is C17H16N6O2. The Bertz CT molecular complexity index is 1020. The Morgan fingerprint density at radius 1 is 1.08 bits per heavy atom. The van der Waals surface area contributed by atoms with Crippen molar-refractivity contribution in [2.24, 2.45) is 0 Å². The number of oxazole rings is 1. The van der Waals surface area contributed by atoms with Gasteiger partial charge in [-0.3, -0.25) is 4.98 Å². The van der Waals surface area contributed by atoms with Crippen molar-refractivity contribution >= 4 is 17.0 Å². The second kappa shape index (κ2) is 5.97. The number of fused-ring (bicyclic) bond motifs is 1. The lowest BCUT2D eigenvalue weighted by Crippen LogP contribution is -2.18. The number of hydrogen-bond donors (Lipinski definition) is 0. The van der Waals surface area contributed by atoms with Crippen LogP contribution in [-0.4, -0.2) is 32.1 Å². The minimum Gasteiger partial charge on any atom is -0.422 e. The van der Waals surface area contributed by atoms with Gasteiger partial charge in [-0.05, 0) is 19.1 Å². The third-order valence-corrected chi connectivity index (χ3v) is 3.70. The first-order valence-electron chi connectivity index (χ1n) is 7.80. The van der Waals surface area contributed by atoms with Crippen LogP contribution in [0.1, 0.15) is 17.5 Å². The first-order valence-corrected chi connectivity index (χ1v) is 7.80. The summed E-state index contributed by atoms with van der Waals surface area (Å²) in [6.07, 6.45) is 1.73. The summed E-state index contributed by atoms with van der Waals surface area (Å²) in [7, 11) is 1.91. The molecule has 0 saturated carbocycles. The smallest absolute Gasteiger partial charge is 0.252 e. The summed E-state index contributed by atoms with van der Waals surface area (Å²) < 4.78 is 11.0. The highest BCUT2D eigenvalue weighted by Gasteiger charge is 2.17. The SMILES string of the molecule is Cc1nc(N(C)Cc2cc(-c3ccccn3)no2)c2nc(C)oc2n1. The summed E-state index contributed by atoms with van der Waals surface area (Å²) in [5.74, 6) is 2.57. The molecule has 4 aromatic rings. The number of aryl methyl sites for hydroxylation is 2. The van der Waals surface area contributed by atoms with Crippen molar-refractivity contribution in [3.63, 3.8) is 0 Å². The highest BCUT2D eigenvalue weighted by atomic mass is 16.5. The van der Waals surface area contributed by atoms with Crippen LogP contribution < -0.4 is 4.90 Å². The van der Waals surface area contributed by atoms with Crippen LogP contribution in [0.2, 0.25) is 0 Å². The molecule has 0 atom stereocenters. The quantitative estimate of drug-likeness (QED) is 0.561. The van der Waals surface area contributed by atoms with Gasteiger partial charge in [0.2, 0.25) is 0 Å². The van der Waals surface area contributed by atoms with Crippen LogP contribution in [0.3, 0.4) is 0 Å². The van der Waals surface area contributed by atoms with E-state index in [1.807, 2.05) is 43.1 Å². The van der Waals surface area contributed by atoms with Crippen molar-refractivity contribution in [1.29, 1.82) is 0 Å². The third-order valence-electron chi connectivity index (χ3n) is 3.70. The molecule has 4 heterocycles. The molecule has 0 bridgehead atoms. The molecule has 0 fully saturated rings. The molecule has 25 heavy (non-hydrogen) atoms. The summed E-state index contributed by atoms with van der Waals surface area (Å²) in [6, 6.07) is 7.54. The predicted octanol–water partition coefficient (Wildman–Crippen LogP) is 2.92. The third kappa shape index (κ3) is 2.93. The number of nitrogens with zero attached hydrogens (tertiary/aromatic N) is 6.